The lowest BCUT2D eigenvalue weighted by Crippen LogP contribution is -2.02. The van der Waals surface area contributed by atoms with Crippen LogP contribution in [-0.2, 0) is 11.2 Å². The van der Waals surface area contributed by atoms with Gasteiger partial charge in [-0.15, -0.1) is 11.3 Å². The van der Waals surface area contributed by atoms with Crippen LogP contribution in [0.25, 0.3) is 0 Å². The SMILES string of the molecule is CCCCC(=O)Cc1csc(N)n1. The van der Waals surface area contributed by atoms with Crippen LogP contribution >= 0.6 is 11.3 Å². The van der Waals surface area contributed by atoms with E-state index in [1.807, 2.05) is 5.38 Å². The van der Waals surface area contributed by atoms with Gasteiger partial charge in [-0.1, -0.05) is 13.3 Å². The maximum atomic E-state index is 11.3. The molecule has 0 aliphatic rings. The van der Waals surface area contributed by atoms with Crippen molar-refractivity contribution in [3.63, 3.8) is 0 Å². The Balaban J connectivity index is 2.36. The van der Waals surface area contributed by atoms with Crippen molar-refractivity contribution in [2.45, 2.75) is 32.6 Å². The molecule has 13 heavy (non-hydrogen) atoms. The van der Waals surface area contributed by atoms with Gasteiger partial charge in [0.05, 0.1) is 5.69 Å². The van der Waals surface area contributed by atoms with E-state index in [-0.39, 0.29) is 5.78 Å². The van der Waals surface area contributed by atoms with Crippen molar-refractivity contribution >= 4 is 22.3 Å². The van der Waals surface area contributed by atoms with Gasteiger partial charge in [-0.2, -0.15) is 0 Å². The quantitative estimate of drug-likeness (QED) is 0.787. The molecule has 0 unspecified atom stereocenters. The Bertz CT molecular complexity index is 283. The molecule has 3 nitrogen and oxygen atoms in total. The largest absolute Gasteiger partial charge is 0.375 e. The summed E-state index contributed by atoms with van der Waals surface area (Å²) in [6, 6.07) is 0. The molecule has 1 aromatic heterocycles. The number of aromatic nitrogens is 1. The number of unbranched alkanes of at least 4 members (excludes halogenated alkanes) is 1. The fraction of sp³-hybridized carbons (Fsp3) is 0.556. The number of nitrogen functional groups attached to an aromatic ring is 1. The van der Waals surface area contributed by atoms with Crippen LogP contribution in [0.15, 0.2) is 5.38 Å². The lowest BCUT2D eigenvalue weighted by Gasteiger charge is -1.95. The van der Waals surface area contributed by atoms with Gasteiger partial charge in [0, 0.05) is 18.2 Å². The van der Waals surface area contributed by atoms with E-state index in [0.717, 1.165) is 18.5 Å². The first kappa shape index (κ1) is 10.2. The molecule has 0 radical (unpaired) electrons. The van der Waals surface area contributed by atoms with Crippen LogP contribution in [0.4, 0.5) is 5.13 Å². The molecule has 72 valence electrons. The fourth-order valence-electron chi connectivity index (χ4n) is 1.07. The number of Topliss-reactive ketones (excluding diaryl/α,β-unsaturated/α-hetero) is 1. The molecule has 0 saturated carbocycles. The summed E-state index contributed by atoms with van der Waals surface area (Å²) in [5, 5.41) is 2.39. The fourth-order valence-corrected chi connectivity index (χ4v) is 1.63. The van der Waals surface area contributed by atoms with Gasteiger partial charge in [0.2, 0.25) is 0 Å². The first-order valence-corrected chi connectivity index (χ1v) is 5.32. The minimum absolute atomic E-state index is 0.257. The molecule has 2 N–H and O–H groups in total. The third kappa shape index (κ3) is 3.55. The van der Waals surface area contributed by atoms with Gasteiger partial charge in [0.25, 0.3) is 0 Å². The molecule has 0 fully saturated rings. The van der Waals surface area contributed by atoms with E-state index in [1.165, 1.54) is 11.3 Å². The number of rotatable bonds is 5. The molecule has 0 spiro atoms. The minimum atomic E-state index is 0.257. The number of ketones is 1. The molecular formula is C9H14N2OS. The summed E-state index contributed by atoms with van der Waals surface area (Å²) >= 11 is 1.38. The lowest BCUT2D eigenvalue weighted by molar-refractivity contribution is -0.118. The maximum absolute atomic E-state index is 11.3. The zero-order chi connectivity index (χ0) is 9.68. The van der Waals surface area contributed by atoms with E-state index in [1.54, 1.807) is 0 Å². The highest BCUT2D eigenvalue weighted by atomic mass is 32.1. The predicted octanol–water partition coefficient (Wildman–Crippen LogP) is 2.03. The normalized spacial score (nSPS) is 10.2. The second-order valence-corrected chi connectivity index (χ2v) is 3.89. The van der Waals surface area contributed by atoms with E-state index >= 15 is 0 Å². The van der Waals surface area contributed by atoms with Crippen molar-refractivity contribution in [3.8, 4) is 0 Å². The highest BCUT2D eigenvalue weighted by Crippen LogP contribution is 2.12. The Morgan fingerprint density at radius 1 is 1.69 bits per heavy atom. The van der Waals surface area contributed by atoms with Crippen LogP contribution in [0, 0.1) is 0 Å². The Hall–Kier alpha value is -0.900. The molecule has 0 saturated heterocycles. The number of carbonyl (C=O) groups excluding carboxylic acids is 1. The molecule has 0 bridgehead atoms. The molecule has 0 amide bonds. The van der Waals surface area contributed by atoms with E-state index in [2.05, 4.69) is 11.9 Å². The van der Waals surface area contributed by atoms with Gasteiger partial charge in [0.15, 0.2) is 5.13 Å². The van der Waals surface area contributed by atoms with E-state index in [9.17, 15) is 4.79 Å². The molecule has 4 heteroatoms. The number of nitrogens with two attached hydrogens (primary N) is 1. The minimum Gasteiger partial charge on any atom is -0.375 e. The number of carbonyl (C=O) groups is 1. The number of thiazole rings is 1. The number of hydrogen-bond acceptors (Lipinski definition) is 4. The Labute approximate surface area is 82.0 Å². The Kier molecular flexibility index (Phi) is 3.89. The highest BCUT2D eigenvalue weighted by Gasteiger charge is 2.05. The van der Waals surface area contributed by atoms with Crippen LogP contribution in [-0.4, -0.2) is 10.8 Å². The summed E-state index contributed by atoms with van der Waals surface area (Å²) in [7, 11) is 0. The van der Waals surface area contributed by atoms with Crippen molar-refractivity contribution in [1.29, 1.82) is 0 Å². The van der Waals surface area contributed by atoms with Gasteiger partial charge in [-0.25, -0.2) is 4.98 Å². The molecule has 1 aromatic rings. The maximum Gasteiger partial charge on any atom is 0.180 e. The summed E-state index contributed by atoms with van der Waals surface area (Å²) < 4.78 is 0. The third-order valence-corrected chi connectivity index (χ3v) is 2.48. The van der Waals surface area contributed by atoms with Gasteiger partial charge in [0.1, 0.15) is 5.78 Å². The summed E-state index contributed by atoms with van der Waals surface area (Å²) in [6.45, 7) is 2.08. The molecule has 1 rings (SSSR count). The first-order valence-electron chi connectivity index (χ1n) is 4.44. The van der Waals surface area contributed by atoms with Gasteiger partial charge in [-0.3, -0.25) is 4.79 Å². The molecule has 0 aliphatic heterocycles. The standard InChI is InChI=1S/C9H14N2OS/c1-2-3-4-8(12)5-7-6-13-9(10)11-7/h6H,2-5H2,1H3,(H2,10,11). The summed E-state index contributed by atoms with van der Waals surface area (Å²) in [4.78, 5) is 15.3. The van der Waals surface area contributed by atoms with Gasteiger partial charge in [-0.05, 0) is 6.42 Å². The predicted molar refractivity (Wildman–Crippen MR) is 54.8 cm³/mol. The zero-order valence-corrected chi connectivity index (χ0v) is 8.56. The monoisotopic (exact) mass is 198 g/mol. The van der Waals surface area contributed by atoms with Crippen molar-refractivity contribution in [2.75, 3.05) is 5.73 Å². The van der Waals surface area contributed by atoms with E-state index in [0.29, 0.717) is 18.0 Å². The smallest absolute Gasteiger partial charge is 0.180 e. The van der Waals surface area contributed by atoms with Crippen molar-refractivity contribution in [1.82, 2.24) is 4.98 Å². The zero-order valence-electron chi connectivity index (χ0n) is 7.75. The average Bonchev–Trinajstić information content (AvgIpc) is 2.48. The van der Waals surface area contributed by atoms with Crippen LogP contribution in [0.5, 0.6) is 0 Å². The number of hydrogen-bond donors (Lipinski definition) is 1. The average molecular weight is 198 g/mol. The summed E-state index contributed by atoms with van der Waals surface area (Å²) in [5.74, 6) is 0.257. The highest BCUT2D eigenvalue weighted by molar-refractivity contribution is 7.13. The number of nitrogens with zero attached hydrogens (tertiary/aromatic N) is 1. The summed E-state index contributed by atoms with van der Waals surface area (Å²) in [6.07, 6.45) is 3.13. The molecule has 1 heterocycles. The van der Waals surface area contributed by atoms with Gasteiger partial charge < -0.3 is 5.73 Å². The van der Waals surface area contributed by atoms with Crippen LogP contribution in [0.3, 0.4) is 0 Å². The van der Waals surface area contributed by atoms with Crippen LogP contribution in [0.1, 0.15) is 31.9 Å². The van der Waals surface area contributed by atoms with Crippen molar-refractivity contribution < 1.29 is 4.79 Å². The Morgan fingerprint density at radius 2 is 2.46 bits per heavy atom. The first-order chi connectivity index (χ1) is 6.22. The molecule has 0 aromatic carbocycles. The third-order valence-electron chi connectivity index (χ3n) is 1.76. The summed E-state index contributed by atoms with van der Waals surface area (Å²) in [5.41, 5.74) is 6.26. The van der Waals surface area contributed by atoms with E-state index in [4.69, 9.17) is 5.73 Å². The van der Waals surface area contributed by atoms with E-state index < -0.39 is 0 Å². The second-order valence-electron chi connectivity index (χ2n) is 3.00. The van der Waals surface area contributed by atoms with Crippen molar-refractivity contribution in [2.24, 2.45) is 0 Å². The Morgan fingerprint density at radius 3 is 3.00 bits per heavy atom. The molecule has 0 aliphatic carbocycles. The lowest BCUT2D eigenvalue weighted by atomic mass is 10.1. The number of anilines is 1. The molecular weight excluding hydrogens is 184 g/mol. The van der Waals surface area contributed by atoms with Gasteiger partial charge >= 0.3 is 0 Å². The van der Waals surface area contributed by atoms with Crippen molar-refractivity contribution in [3.05, 3.63) is 11.1 Å². The van der Waals surface area contributed by atoms with Crippen LogP contribution in [0.2, 0.25) is 0 Å². The second kappa shape index (κ2) is 4.97. The topological polar surface area (TPSA) is 56.0 Å². The van der Waals surface area contributed by atoms with Crippen LogP contribution < -0.4 is 5.73 Å². The molecule has 0 atom stereocenters.